The van der Waals surface area contributed by atoms with Gasteiger partial charge < -0.3 is 0 Å². The Labute approximate surface area is 81.2 Å². The monoisotopic (exact) mass is 191 g/mol. The number of benzene rings is 1. The smallest absolute Gasteiger partial charge is 0.123 e. The SMILES string of the molecule is [N-]=[N+]=NC1CCCc2ccc(F)cc21. The van der Waals surface area contributed by atoms with E-state index in [2.05, 4.69) is 10.0 Å². The second kappa shape index (κ2) is 3.68. The summed E-state index contributed by atoms with van der Waals surface area (Å²) in [6.45, 7) is 0. The zero-order chi connectivity index (χ0) is 9.97. The van der Waals surface area contributed by atoms with E-state index in [-0.39, 0.29) is 11.9 Å². The molecule has 3 nitrogen and oxygen atoms in total. The van der Waals surface area contributed by atoms with Gasteiger partial charge in [-0.05, 0) is 48.1 Å². The summed E-state index contributed by atoms with van der Waals surface area (Å²) < 4.78 is 13.0. The van der Waals surface area contributed by atoms with Crippen molar-refractivity contribution in [2.75, 3.05) is 0 Å². The quantitative estimate of drug-likeness (QED) is 0.370. The highest BCUT2D eigenvalue weighted by molar-refractivity contribution is 5.32. The fourth-order valence-corrected chi connectivity index (χ4v) is 1.93. The highest BCUT2D eigenvalue weighted by Gasteiger charge is 2.19. The molecular weight excluding hydrogens is 181 g/mol. The molecule has 1 atom stereocenters. The van der Waals surface area contributed by atoms with Crippen LogP contribution in [-0.2, 0) is 6.42 Å². The molecule has 0 amide bonds. The van der Waals surface area contributed by atoms with Crippen LogP contribution in [0.1, 0.15) is 30.0 Å². The molecule has 1 aromatic rings. The van der Waals surface area contributed by atoms with Crippen LogP contribution in [0.2, 0.25) is 0 Å². The van der Waals surface area contributed by atoms with Gasteiger partial charge in [0.15, 0.2) is 0 Å². The van der Waals surface area contributed by atoms with E-state index in [1.165, 1.54) is 12.1 Å². The highest BCUT2D eigenvalue weighted by Crippen LogP contribution is 2.32. The van der Waals surface area contributed by atoms with Crippen molar-refractivity contribution in [1.82, 2.24) is 0 Å². The van der Waals surface area contributed by atoms with Gasteiger partial charge in [0.2, 0.25) is 0 Å². The number of azide groups is 1. The van der Waals surface area contributed by atoms with Gasteiger partial charge in [-0.25, -0.2) is 4.39 Å². The number of hydrogen-bond donors (Lipinski definition) is 0. The van der Waals surface area contributed by atoms with Crippen LogP contribution in [0.5, 0.6) is 0 Å². The Kier molecular flexibility index (Phi) is 2.37. The molecule has 0 bridgehead atoms. The molecule has 0 saturated heterocycles. The van der Waals surface area contributed by atoms with Gasteiger partial charge in [-0.1, -0.05) is 11.2 Å². The molecule has 1 aromatic carbocycles. The summed E-state index contributed by atoms with van der Waals surface area (Å²) in [6.07, 6.45) is 2.77. The Balaban J connectivity index is 2.46. The van der Waals surface area contributed by atoms with E-state index in [1.807, 2.05) is 0 Å². The molecule has 2 rings (SSSR count). The van der Waals surface area contributed by atoms with Crippen molar-refractivity contribution in [1.29, 1.82) is 0 Å². The van der Waals surface area contributed by atoms with Crippen molar-refractivity contribution in [2.45, 2.75) is 25.3 Å². The summed E-state index contributed by atoms with van der Waals surface area (Å²) in [5.41, 5.74) is 10.3. The van der Waals surface area contributed by atoms with Crippen LogP contribution in [0.15, 0.2) is 23.3 Å². The van der Waals surface area contributed by atoms with Crippen molar-refractivity contribution >= 4 is 0 Å². The third-order valence-corrected chi connectivity index (χ3v) is 2.58. The number of halogens is 1. The molecule has 0 spiro atoms. The predicted octanol–water partition coefficient (Wildman–Crippen LogP) is 3.51. The summed E-state index contributed by atoms with van der Waals surface area (Å²) >= 11 is 0. The number of nitrogens with zero attached hydrogens (tertiary/aromatic N) is 3. The lowest BCUT2D eigenvalue weighted by Crippen LogP contribution is -2.07. The van der Waals surface area contributed by atoms with Crippen LogP contribution in [0.3, 0.4) is 0 Å². The maximum atomic E-state index is 13.0. The van der Waals surface area contributed by atoms with E-state index >= 15 is 0 Å². The lowest BCUT2D eigenvalue weighted by Gasteiger charge is -2.21. The summed E-state index contributed by atoms with van der Waals surface area (Å²) in [4.78, 5) is 2.79. The van der Waals surface area contributed by atoms with Crippen LogP contribution < -0.4 is 0 Å². The second-order valence-electron chi connectivity index (χ2n) is 3.46. The first-order valence-corrected chi connectivity index (χ1v) is 4.64. The molecule has 72 valence electrons. The molecule has 0 heterocycles. The predicted molar refractivity (Wildman–Crippen MR) is 51.2 cm³/mol. The molecule has 0 radical (unpaired) electrons. The second-order valence-corrected chi connectivity index (χ2v) is 3.46. The van der Waals surface area contributed by atoms with Crippen molar-refractivity contribution < 1.29 is 4.39 Å². The van der Waals surface area contributed by atoms with Crippen molar-refractivity contribution in [3.8, 4) is 0 Å². The average molecular weight is 191 g/mol. The van der Waals surface area contributed by atoms with E-state index in [1.54, 1.807) is 6.07 Å². The highest BCUT2D eigenvalue weighted by atomic mass is 19.1. The van der Waals surface area contributed by atoms with Gasteiger partial charge >= 0.3 is 0 Å². The maximum absolute atomic E-state index is 13.0. The molecule has 0 saturated carbocycles. The first-order chi connectivity index (χ1) is 6.81. The summed E-state index contributed by atoms with van der Waals surface area (Å²) in [5.74, 6) is -0.260. The van der Waals surface area contributed by atoms with Gasteiger partial charge in [0.1, 0.15) is 5.82 Å². The van der Waals surface area contributed by atoms with Gasteiger partial charge in [0.05, 0.1) is 6.04 Å². The van der Waals surface area contributed by atoms with Crippen LogP contribution in [0, 0.1) is 5.82 Å². The van der Waals surface area contributed by atoms with Crippen molar-refractivity contribution in [3.05, 3.63) is 45.6 Å². The topological polar surface area (TPSA) is 48.8 Å². The van der Waals surface area contributed by atoms with E-state index in [4.69, 9.17) is 5.53 Å². The summed E-state index contributed by atoms with van der Waals surface area (Å²) in [5, 5.41) is 3.68. The number of fused-ring (bicyclic) bond motifs is 1. The third-order valence-electron chi connectivity index (χ3n) is 2.58. The molecule has 1 aliphatic rings. The Morgan fingerprint density at radius 3 is 3.14 bits per heavy atom. The maximum Gasteiger partial charge on any atom is 0.123 e. The van der Waals surface area contributed by atoms with Crippen LogP contribution in [0.4, 0.5) is 4.39 Å². The van der Waals surface area contributed by atoms with Gasteiger partial charge in [-0.3, -0.25) is 0 Å². The van der Waals surface area contributed by atoms with Crippen LogP contribution >= 0.6 is 0 Å². The van der Waals surface area contributed by atoms with Gasteiger partial charge in [0, 0.05) is 4.91 Å². The molecule has 4 heteroatoms. The normalized spacial score (nSPS) is 19.6. The van der Waals surface area contributed by atoms with Crippen LogP contribution in [-0.4, -0.2) is 0 Å². The molecule has 1 aliphatic carbocycles. The minimum Gasteiger partial charge on any atom is -0.207 e. The minimum atomic E-state index is -0.260. The van der Waals surface area contributed by atoms with Gasteiger partial charge in [-0.15, -0.1) is 0 Å². The van der Waals surface area contributed by atoms with Crippen LogP contribution in [0.25, 0.3) is 10.4 Å². The standard InChI is InChI=1S/C10H10FN3/c11-8-5-4-7-2-1-3-10(13-14-12)9(7)6-8/h4-6,10H,1-3H2. The number of rotatable bonds is 1. The van der Waals surface area contributed by atoms with E-state index < -0.39 is 0 Å². The molecule has 0 aromatic heterocycles. The number of aryl methyl sites for hydroxylation is 1. The molecule has 14 heavy (non-hydrogen) atoms. The van der Waals surface area contributed by atoms with Gasteiger partial charge in [0.25, 0.3) is 0 Å². The molecule has 0 aliphatic heterocycles. The average Bonchev–Trinajstić information content (AvgIpc) is 2.19. The Morgan fingerprint density at radius 2 is 2.36 bits per heavy atom. The number of hydrogen-bond acceptors (Lipinski definition) is 1. The fraction of sp³-hybridized carbons (Fsp3) is 0.400. The van der Waals surface area contributed by atoms with E-state index in [0.717, 1.165) is 30.4 Å². The zero-order valence-electron chi connectivity index (χ0n) is 7.65. The van der Waals surface area contributed by atoms with E-state index in [9.17, 15) is 4.39 Å². The Bertz CT molecular complexity index is 396. The molecule has 0 fully saturated rings. The van der Waals surface area contributed by atoms with Crippen molar-refractivity contribution in [3.63, 3.8) is 0 Å². The molecule has 0 N–H and O–H groups in total. The Morgan fingerprint density at radius 1 is 1.50 bits per heavy atom. The molecule has 1 unspecified atom stereocenters. The first kappa shape index (κ1) is 9.03. The van der Waals surface area contributed by atoms with Crippen molar-refractivity contribution in [2.24, 2.45) is 5.11 Å². The third kappa shape index (κ3) is 1.56. The lowest BCUT2D eigenvalue weighted by molar-refractivity contribution is 0.555. The summed E-state index contributed by atoms with van der Waals surface area (Å²) in [6, 6.07) is 4.54. The van der Waals surface area contributed by atoms with Gasteiger partial charge in [-0.2, -0.15) is 0 Å². The largest absolute Gasteiger partial charge is 0.207 e. The van der Waals surface area contributed by atoms with E-state index in [0.29, 0.717) is 0 Å². The minimum absolute atomic E-state index is 0.181. The Hall–Kier alpha value is -1.54. The lowest BCUT2D eigenvalue weighted by atomic mass is 9.88. The zero-order valence-corrected chi connectivity index (χ0v) is 7.65. The fourth-order valence-electron chi connectivity index (χ4n) is 1.93. The summed E-state index contributed by atoms with van der Waals surface area (Å²) in [7, 11) is 0. The molecular formula is C10H10FN3. The first-order valence-electron chi connectivity index (χ1n) is 4.64.